The van der Waals surface area contributed by atoms with Crippen LogP contribution in [0.5, 0.6) is 0 Å². The van der Waals surface area contributed by atoms with Crippen LogP contribution >= 0.6 is 0 Å². The van der Waals surface area contributed by atoms with E-state index >= 15 is 0 Å². The molecule has 0 spiro atoms. The van der Waals surface area contributed by atoms with Crippen molar-refractivity contribution >= 4 is 33.1 Å². The number of Topliss-reactive ketones (excluding diaryl/α,β-unsaturated/α-hetero) is 1. The number of halogens is 1. The number of ether oxygens (including phenoxy) is 1. The smallest absolute Gasteiger partial charge is 0.238 e. The van der Waals surface area contributed by atoms with Crippen molar-refractivity contribution in [1.29, 1.82) is 0 Å². The lowest BCUT2D eigenvalue weighted by Gasteiger charge is -2.36. The predicted octanol–water partition coefficient (Wildman–Crippen LogP) is 1.40. The summed E-state index contributed by atoms with van der Waals surface area (Å²) in [5.74, 6) is -0.806. The highest BCUT2D eigenvalue weighted by molar-refractivity contribution is 7.89. The van der Waals surface area contributed by atoms with Crippen molar-refractivity contribution in [2.45, 2.75) is 18.2 Å². The normalized spacial score (nSPS) is 16.9. The molecule has 2 fully saturated rings. The van der Waals surface area contributed by atoms with Crippen LogP contribution in [0.4, 0.5) is 15.8 Å². The van der Waals surface area contributed by atoms with Crippen molar-refractivity contribution in [3.8, 4) is 0 Å². The van der Waals surface area contributed by atoms with E-state index < -0.39 is 15.8 Å². The lowest BCUT2D eigenvalue weighted by molar-refractivity contribution is -0.130. The average molecular weight is 505 g/mol. The Labute approximate surface area is 204 Å². The highest BCUT2D eigenvalue weighted by Crippen LogP contribution is 2.27. The molecule has 0 saturated carbocycles. The largest absolute Gasteiger partial charge is 0.378 e. The van der Waals surface area contributed by atoms with Crippen LogP contribution in [-0.2, 0) is 26.0 Å². The highest BCUT2D eigenvalue weighted by atomic mass is 32.2. The SMILES string of the molecule is CC(=O)c1ccc(N2CCN(C(=O)Cc3cc(S(N)(=O)=O)ccc3N3CCOCC3)CC2)c(F)c1. The number of hydrogen-bond acceptors (Lipinski definition) is 7. The van der Waals surface area contributed by atoms with Gasteiger partial charge in [0.25, 0.3) is 0 Å². The van der Waals surface area contributed by atoms with Gasteiger partial charge in [-0.2, -0.15) is 0 Å². The molecule has 35 heavy (non-hydrogen) atoms. The number of sulfonamides is 1. The maximum atomic E-state index is 14.5. The summed E-state index contributed by atoms with van der Waals surface area (Å²) in [7, 11) is -3.92. The van der Waals surface area contributed by atoms with Crippen LogP contribution in [0.2, 0.25) is 0 Å². The van der Waals surface area contributed by atoms with Crippen LogP contribution in [0.3, 0.4) is 0 Å². The minimum atomic E-state index is -3.92. The molecule has 2 N–H and O–H groups in total. The van der Waals surface area contributed by atoms with E-state index in [4.69, 9.17) is 9.88 Å². The Morgan fingerprint density at radius 3 is 2.17 bits per heavy atom. The van der Waals surface area contributed by atoms with Gasteiger partial charge in [-0.05, 0) is 48.9 Å². The summed E-state index contributed by atoms with van der Waals surface area (Å²) in [6, 6.07) is 9.06. The zero-order valence-electron chi connectivity index (χ0n) is 19.6. The van der Waals surface area contributed by atoms with Gasteiger partial charge in [-0.3, -0.25) is 9.59 Å². The molecule has 2 aliphatic heterocycles. The standard InChI is InChI=1S/C24H29FN4O5S/c1-17(30)18-2-4-23(21(25)15-18)27-6-8-29(9-7-27)24(31)16-19-14-20(35(26,32)33)3-5-22(19)28-10-12-34-13-11-28/h2-5,14-15H,6-13,16H2,1H3,(H2,26,32,33). The second-order valence-corrected chi connectivity index (χ2v) is 10.3. The first-order valence-corrected chi connectivity index (χ1v) is 13.0. The molecular formula is C24H29FN4O5S. The zero-order valence-corrected chi connectivity index (χ0v) is 20.4. The minimum Gasteiger partial charge on any atom is -0.378 e. The number of morpholine rings is 1. The zero-order chi connectivity index (χ0) is 25.2. The maximum absolute atomic E-state index is 14.5. The third-order valence-electron chi connectivity index (χ3n) is 6.40. The Morgan fingerprint density at radius 1 is 0.943 bits per heavy atom. The molecule has 2 heterocycles. The number of benzene rings is 2. The molecule has 2 aromatic rings. The number of carbonyl (C=O) groups excluding carboxylic acids is 2. The molecule has 0 atom stereocenters. The van der Waals surface area contributed by atoms with Gasteiger partial charge in [-0.15, -0.1) is 0 Å². The first-order chi connectivity index (χ1) is 16.6. The van der Waals surface area contributed by atoms with Crippen molar-refractivity contribution in [2.75, 3.05) is 62.3 Å². The summed E-state index contributed by atoms with van der Waals surface area (Å²) in [5.41, 5.74) is 2.10. The molecular weight excluding hydrogens is 475 g/mol. The Kier molecular flexibility index (Phi) is 7.39. The van der Waals surface area contributed by atoms with Gasteiger partial charge >= 0.3 is 0 Å². The third-order valence-corrected chi connectivity index (χ3v) is 7.31. The second-order valence-electron chi connectivity index (χ2n) is 8.70. The number of amides is 1. The number of primary sulfonamides is 1. The van der Waals surface area contributed by atoms with Crippen molar-refractivity contribution in [1.82, 2.24) is 4.90 Å². The van der Waals surface area contributed by atoms with E-state index in [1.165, 1.54) is 25.1 Å². The summed E-state index contributed by atoms with van der Waals surface area (Å²) in [5, 5.41) is 5.32. The molecule has 0 aromatic heterocycles. The summed E-state index contributed by atoms with van der Waals surface area (Å²) in [6.07, 6.45) is 0.0255. The van der Waals surface area contributed by atoms with Gasteiger partial charge in [0.1, 0.15) is 5.82 Å². The number of piperazine rings is 1. The Bertz CT molecular complexity index is 1220. The molecule has 0 bridgehead atoms. The lowest BCUT2D eigenvalue weighted by Crippen LogP contribution is -2.49. The summed E-state index contributed by atoms with van der Waals surface area (Å²) >= 11 is 0. The quantitative estimate of drug-likeness (QED) is 0.592. The van der Waals surface area contributed by atoms with Crippen LogP contribution in [0.15, 0.2) is 41.3 Å². The monoisotopic (exact) mass is 504 g/mol. The van der Waals surface area contributed by atoms with Crippen LogP contribution < -0.4 is 14.9 Å². The summed E-state index contributed by atoms with van der Waals surface area (Å²) in [4.78, 5) is 30.2. The molecule has 188 valence electrons. The molecule has 2 saturated heterocycles. The van der Waals surface area contributed by atoms with Gasteiger partial charge < -0.3 is 19.4 Å². The Balaban J connectivity index is 1.47. The number of nitrogens with zero attached hydrogens (tertiary/aromatic N) is 3. The number of carbonyl (C=O) groups is 2. The van der Waals surface area contributed by atoms with E-state index in [2.05, 4.69) is 4.90 Å². The van der Waals surface area contributed by atoms with E-state index in [-0.39, 0.29) is 23.0 Å². The van der Waals surface area contributed by atoms with Crippen molar-refractivity contribution < 1.29 is 27.1 Å². The Morgan fingerprint density at radius 2 is 1.57 bits per heavy atom. The summed E-state index contributed by atoms with van der Waals surface area (Å²) in [6.45, 7) is 5.45. The molecule has 1 amide bonds. The molecule has 2 aromatic carbocycles. The van der Waals surface area contributed by atoms with Gasteiger partial charge in [0.15, 0.2) is 5.78 Å². The van der Waals surface area contributed by atoms with Gasteiger partial charge in [-0.1, -0.05) is 0 Å². The first kappa shape index (κ1) is 25.1. The van der Waals surface area contributed by atoms with Gasteiger partial charge in [0.05, 0.1) is 30.2 Å². The van der Waals surface area contributed by atoms with E-state index in [9.17, 15) is 22.4 Å². The van der Waals surface area contributed by atoms with Crippen molar-refractivity contribution in [3.05, 3.63) is 53.3 Å². The van der Waals surface area contributed by atoms with Crippen molar-refractivity contribution in [3.63, 3.8) is 0 Å². The number of anilines is 2. The second kappa shape index (κ2) is 10.3. The number of ketones is 1. The maximum Gasteiger partial charge on any atom is 0.238 e. The molecule has 9 nitrogen and oxygen atoms in total. The van der Waals surface area contributed by atoms with Crippen LogP contribution in [-0.4, -0.2) is 77.5 Å². The average Bonchev–Trinajstić information content (AvgIpc) is 2.84. The van der Waals surface area contributed by atoms with Gasteiger partial charge in [0.2, 0.25) is 15.9 Å². The van der Waals surface area contributed by atoms with Crippen LogP contribution in [0, 0.1) is 5.82 Å². The molecule has 0 radical (unpaired) electrons. The van der Waals surface area contributed by atoms with Crippen LogP contribution in [0.1, 0.15) is 22.8 Å². The Hall–Kier alpha value is -3.02. The molecule has 2 aliphatic rings. The fraction of sp³-hybridized carbons (Fsp3) is 0.417. The lowest BCUT2D eigenvalue weighted by atomic mass is 10.1. The first-order valence-electron chi connectivity index (χ1n) is 11.4. The number of nitrogens with two attached hydrogens (primary N) is 1. The fourth-order valence-electron chi connectivity index (χ4n) is 4.45. The number of rotatable bonds is 6. The molecule has 11 heteroatoms. The third kappa shape index (κ3) is 5.80. The van der Waals surface area contributed by atoms with Gasteiger partial charge in [0, 0.05) is 50.5 Å². The predicted molar refractivity (Wildman–Crippen MR) is 130 cm³/mol. The van der Waals surface area contributed by atoms with E-state index in [0.717, 1.165) is 5.69 Å². The van der Waals surface area contributed by atoms with Crippen molar-refractivity contribution in [2.24, 2.45) is 5.14 Å². The topological polar surface area (TPSA) is 113 Å². The number of hydrogen-bond donors (Lipinski definition) is 1. The van der Waals surface area contributed by atoms with E-state index in [1.807, 2.05) is 4.90 Å². The minimum absolute atomic E-state index is 0.0255. The molecule has 0 unspecified atom stereocenters. The summed E-state index contributed by atoms with van der Waals surface area (Å²) < 4.78 is 43.8. The van der Waals surface area contributed by atoms with Crippen LogP contribution in [0.25, 0.3) is 0 Å². The fourth-order valence-corrected chi connectivity index (χ4v) is 5.01. The van der Waals surface area contributed by atoms with E-state index in [0.29, 0.717) is 69.3 Å². The van der Waals surface area contributed by atoms with Gasteiger partial charge in [-0.25, -0.2) is 17.9 Å². The highest BCUT2D eigenvalue weighted by Gasteiger charge is 2.25. The molecule has 0 aliphatic carbocycles. The van der Waals surface area contributed by atoms with E-state index in [1.54, 1.807) is 23.1 Å². The molecule has 4 rings (SSSR count).